The second kappa shape index (κ2) is 7.00. The number of benzene rings is 1. The first-order valence-electron chi connectivity index (χ1n) is 7.55. The standard InChI is InChI=1S/C17H25NO2/c1-4-14-7-9-15(10-8-14)17(19)13(2)18-11-5-6-16(12-18)20-3/h7-10,13,16H,4-6,11-12H2,1-3H3. The molecule has 0 saturated carbocycles. The molecule has 0 amide bonds. The molecule has 0 aromatic heterocycles. The SMILES string of the molecule is CCc1ccc(C(=O)C(C)N2CCCC(OC)C2)cc1. The van der Waals surface area contributed by atoms with Gasteiger partial charge in [0.15, 0.2) is 5.78 Å². The third-order valence-corrected chi connectivity index (χ3v) is 4.32. The summed E-state index contributed by atoms with van der Waals surface area (Å²) in [5, 5.41) is 0. The average molecular weight is 275 g/mol. The van der Waals surface area contributed by atoms with Gasteiger partial charge >= 0.3 is 0 Å². The highest BCUT2D eigenvalue weighted by Crippen LogP contribution is 2.18. The Hall–Kier alpha value is -1.19. The van der Waals surface area contributed by atoms with Crippen molar-refractivity contribution in [2.75, 3.05) is 20.2 Å². The predicted octanol–water partition coefficient (Wildman–Crippen LogP) is 2.93. The number of Topliss-reactive ketones (excluding diaryl/α,β-unsaturated/α-hetero) is 1. The second-order valence-corrected chi connectivity index (χ2v) is 5.59. The van der Waals surface area contributed by atoms with Gasteiger partial charge in [0.25, 0.3) is 0 Å². The Morgan fingerprint density at radius 1 is 1.40 bits per heavy atom. The van der Waals surface area contributed by atoms with Gasteiger partial charge in [-0.05, 0) is 38.3 Å². The highest BCUT2D eigenvalue weighted by molar-refractivity contribution is 5.99. The largest absolute Gasteiger partial charge is 0.380 e. The van der Waals surface area contributed by atoms with Gasteiger partial charge in [-0.15, -0.1) is 0 Å². The highest BCUT2D eigenvalue weighted by Gasteiger charge is 2.27. The number of likely N-dealkylation sites (tertiary alicyclic amines) is 1. The number of piperidine rings is 1. The van der Waals surface area contributed by atoms with Crippen LogP contribution in [0.15, 0.2) is 24.3 Å². The Morgan fingerprint density at radius 2 is 2.10 bits per heavy atom. The molecule has 20 heavy (non-hydrogen) atoms. The van der Waals surface area contributed by atoms with Gasteiger partial charge < -0.3 is 4.74 Å². The number of methoxy groups -OCH3 is 1. The van der Waals surface area contributed by atoms with Crippen LogP contribution >= 0.6 is 0 Å². The quantitative estimate of drug-likeness (QED) is 0.774. The molecule has 1 saturated heterocycles. The zero-order chi connectivity index (χ0) is 14.5. The molecule has 1 aromatic carbocycles. The van der Waals surface area contributed by atoms with Gasteiger partial charge in [0.2, 0.25) is 0 Å². The minimum atomic E-state index is -0.0690. The number of rotatable bonds is 5. The first kappa shape index (κ1) is 15.2. The number of hydrogen-bond donors (Lipinski definition) is 0. The van der Waals surface area contributed by atoms with Crippen molar-refractivity contribution in [3.63, 3.8) is 0 Å². The molecule has 1 heterocycles. The summed E-state index contributed by atoms with van der Waals surface area (Å²) in [4.78, 5) is 14.8. The summed E-state index contributed by atoms with van der Waals surface area (Å²) in [5.41, 5.74) is 2.08. The van der Waals surface area contributed by atoms with Crippen molar-refractivity contribution in [3.05, 3.63) is 35.4 Å². The Balaban J connectivity index is 2.03. The lowest BCUT2D eigenvalue weighted by Gasteiger charge is -2.35. The van der Waals surface area contributed by atoms with Crippen LogP contribution in [0.4, 0.5) is 0 Å². The molecule has 1 aliphatic heterocycles. The van der Waals surface area contributed by atoms with E-state index in [2.05, 4.69) is 11.8 Å². The maximum atomic E-state index is 12.6. The Labute approximate surface area is 121 Å². The molecule has 1 aliphatic rings. The Bertz CT molecular complexity index is 441. The van der Waals surface area contributed by atoms with E-state index in [9.17, 15) is 4.79 Å². The molecule has 2 rings (SSSR count). The van der Waals surface area contributed by atoms with Crippen molar-refractivity contribution in [1.29, 1.82) is 0 Å². The zero-order valence-electron chi connectivity index (χ0n) is 12.8. The third-order valence-electron chi connectivity index (χ3n) is 4.32. The lowest BCUT2D eigenvalue weighted by molar-refractivity contribution is 0.0182. The molecule has 3 heteroatoms. The van der Waals surface area contributed by atoms with E-state index in [1.807, 2.05) is 31.2 Å². The number of ether oxygens (including phenoxy) is 1. The monoisotopic (exact) mass is 275 g/mol. The minimum Gasteiger partial charge on any atom is -0.380 e. The highest BCUT2D eigenvalue weighted by atomic mass is 16.5. The van der Waals surface area contributed by atoms with Crippen molar-refractivity contribution in [2.45, 2.75) is 45.3 Å². The van der Waals surface area contributed by atoms with Crippen molar-refractivity contribution < 1.29 is 9.53 Å². The first-order valence-corrected chi connectivity index (χ1v) is 7.55. The van der Waals surface area contributed by atoms with Crippen molar-refractivity contribution >= 4 is 5.78 Å². The normalized spacial score (nSPS) is 21.6. The van der Waals surface area contributed by atoms with Crippen LogP contribution in [0.1, 0.15) is 42.6 Å². The van der Waals surface area contributed by atoms with Gasteiger partial charge in [-0.25, -0.2) is 0 Å². The molecule has 0 spiro atoms. The molecule has 110 valence electrons. The van der Waals surface area contributed by atoms with E-state index in [-0.39, 0.29) is 17.9 Å². The van der Waals surface area contributed by atoms with E-state index < -0.39 is 0 Å². The lowest BCUT2D eigenvalue weighted by atomic mass is 9.99. The number of nitrogens with zero attached hydrogens (tertiary/aromatic N) is 1. The van der Waals surface area contributed by atoms with Crippen LogP contribution in [0.3, 0.4) is 0 Å². The van der Waals surface area contributed by atoms with Gasteiger partial charge in [0, 0.05) is 19.2 Å². The summed E-state index contributed by atoms with van der Waals surface area (Å²) < 4.78 is 5.43. The Morgan fingerprint density at radius 3 is 2.70 bits per heavy atom. The van der Waals surface area contributed by atoms with Crippen LogP contribution in [-0.2, 0) is 11.2 Å². The fourth-order valence-electron chi connectivity index (χ4n) is 2.82. The summed E-state index contributed by atoms with van der Waals surface area (Å²) in [6, 6.07) is 7.94. The fourth-order valence-corrected chi connectivity index (χ4v) is 2.82. The second-order valence-electron chi connectivity index (χ2n) is 5.59. The van der Waals surface area contributed by atoms with E-state index in [0.717, 1.165) is 37.9 Å². The number of carbonyl (C=O) groups is 1. The molecule has 0 bridgehead atoms. The first-order chi connectivity index (χ1) is 9.65. The van der Waals surface area contributed by atoms with E-state index in [1.54, 1.807) is 7.11 Å². The van der Waals surface area contributed by atoms with E-state index in [1.165, 1.54) is 5.56 Å². The summed E-state index contributed by atoms with van der Waals surface area (Å²) in [5.74, 6) is 0.212. The zero-order valence-corrected chi connectivity index (χ0v) is 12.8. The third kappa shape index (κ3) is 3.47. The van der Waals surface area contributed by atoms with Crippen molar-refractivity contribution in [1.82, 2.24) is 4.90 Å². The molecular weight excluding hydrogens is 250 g/mol. The lowest BCUT2D eigenvalue weighted by Crippen LogP contribution is -2.47. The summed E-state index contributed by atoms with van der Waals surface area (Å²) in [7, 11) is 1.75. The van der Waals surface area contributed by atoms with Crippen LogP contribution in [-0.4, -0.2) is 43.0 Å². The number of aryl methyl sites for hydroxylation is 1. The minimum absolute atomic E-state index is 0.0690. The van der Waals surface area contributed by atoms with E-state index in [0.29, 0.717) is 0 Å². The van der Waals surface area contributed by atoms with Gasteiger partial charge in [-0.2, -0.15) is 0 Å². The fraction of sp³-hybridized carbons (Fsp3) is 0.588. The van der Waals surface area contributed by atoms with E-state index in [4.69, 9.17) is 4.74 Å². The predicted molar refractivity (Wildman–Crippen MR) is 81.2 cm³/mol. The number of hydrogen-bond acceptors (Lipinski definition) is 3. The van der Waals surface area contributed by atoms with Gasteiger partial charge in [-0.1, -0.05) is 31.2 Å². The van der Waals surface area contributed by atoms with Crippen LogP contribution < -0.4 is 0 Å². The van der Waals surface area contributed by atoms with Crippen LogP contribution in [0.2, 0.25) is 0 Å². The molecule has 1 aromatic rings. The molecule has 3 nitrogen and oxygen atoms in total. The topological polar surface area (TPSA) is 29.5 Å². The van der Waals surface area contributed by atoms with Gasteiger partial charge in [0.05, 0.1) is 12.1 Å². The van der Waals surface area contributed by atoms with Gasteiger partial charge in [-0.3, -0.25) is 9.69 Å². The van der Waals surface area contributed by atoms with Crippen LogP contribution in [0, 0.1) is 0 Å². The number of carbonyl (C=O) groups excluding carboxylic acids is 1. The summed E-state index contributed by atoms with van der Waals surface area (Å²) >= 11 is 0. The molecular formula is C17H25NO2. The van der Waals surface area contributed by atoms with Crippen molar-refractivity contribution in [2.24, 2.45) is 0 Å². The van der Waals surface area contributed by atoms with Crippen LogP contribution in [0.5, 0.6) is 0 Å². The maximum Gasteiger partial charge on any atom is 0.179 e. The average Bonchev–Trinajstić information content (AvgIpc) is 2.53. The number of ketones is 1. The Kier molecular flexibility index (Phi) is 5.32. The molecule has 1 fully saturated rings. The maximum absolute atomic E-state index is 12.6. The molecule has 2 unspecified atom stereocenters. The van der Waals surface area contributed by atoms with Gasteiger partial charge in [0.1, 0.15) is 0 Å². The molecule has 2 atom stereocenters. The summed E-state index contributed by atoms with van der Waals surface area (Å²) in [6.07, 6.45) is 3.47. The summed E-state index contributed by atoms with van der Waals surface area (Å²) in [6.45, 7) is 5.97. The van der Waals surface area contributed by atoms with E-state index >= 15 is 0 Å². The van der Waals surface area contributed by atoms with Crippen molar-refractivity contribution in [3.8, 4) is 0 Å². The molecule has 0 aliphatic carbocycles. The smallest absolute Gasteiger partial charge is 0.179 e. The van der Waals surface area contributed by atoms with Crippen LogP contribution in [0.25, 0.3) is 0 Å². The molecule has 0 radical (unpaired) electrons. The molecule has 0 N–H and O–H groups in total.